The molecule has 1 aromatic heterocycles. The van der Waals surface area contributed by atoms with Crippen LogP contribution in [-0.4, -0.2) is 37.9 Å². The predicted octanol–water partition coefficient (Wildman–Crippen LogP) is 3.16. The number of carbonyl (C=O) groups is 2. The fraction of sp³-hybridized carbons (Fsp3) is 0.304. The number of fused-ring (bicyclic) bond motifs is 2. The Kier molecular flexibility index (Phi) is 4.27. The zero-order chi connectivity index (χ0) is 20.0. The van der Waals surface area contributed by atoms with Gasteiger partial charge in [0.1, 0.15) is 5.82 Å². The van der Waals surface area contributed by atoms with E-state index >= 15 is 0 Å². The summed E-state index contributed by atoms with van der Waals surface area (Å²) >= 11 is 0. The molecule has 0 spiro atoms. The summed E-state index contributed by atoms with van der Waals surface area (Å²) in [7, 11) is 0. The lowest BCUT2D eigenvalue weighted by Gasteiger charge is -2.34. The van der Waals surface area contributed by atoms with Crippen LogP contribution >= 0.6 is 0 Å². The van der Waals surface area contributed by atoms with Gasteiger partial charge in [0.05, 0.1) is 12.6 Å². The van der Waals surface area contributed by atoms with E-state index in [9.17, 15) is 9.59 Å². The molecular weight excluding hydrogens is 364 g/mol. The van der Waals surface area contributed by atoms with Crippen molar-refractivity contribution in [3.63, 3.8) is 0 Å². The highest BCUT2D eigenvalue weighted by atomic mass is 16.2. The Labute approximate surface area is 169 Å². The highest BCUT2D eigenvalue weighted by molar-refractivity contribution is 6.05. The van der Waals surface area contributed by atoms with E-state index in [2.05, 4.69) is 26.9 Å². The zero-order valence-electron chi connectivity index (χ0n) is 16.3. The second kappa shape index (κ2) is 6.95. The quantitative estimate of drug-likeness (QED) is 0.693. The second-order valence-corrected chi connectivity index (χ2v) is 7.82. The Hall–Kier alpha value is -3.28. The first-order valence-electron chi connectivity index (χ1n) is 10.0. The van der Waals surface area contributed by atoms with Crippen LogP contribution in [0, 0.1) is 6.92 Å². The number of carbonyl (C=O) groups excluding carboxylic acids is 2. The number of rotatable bonds is 3. The first-order chi connectivity index (χ1) is 14.1. The second-order valence-electron chi connectivity index (χ2n) is 7.82. The van der Waals surface area contributed by atoms with E-state index in [-0.39, 0.29) is 17.7 Å². The molecule has 6 heteroatoms. The summed E-state index contributed by atoms with van der Waals surface area (Å²) in [5, 5.41) is 8.58. The molecule has 1 atom stereocenters. The molecule has 29 heavy (non-hydrogen) atoms. The van der Waals surface area contributed by atoms with Crippen molar-refractivity contribution in [3.05, 3.63) is 82.4 Å². The number of benzene rings is 2. The van der Waals surface area contributed by atoms with E-state index in [1.54, 1.807) is 0 Å². The molecule has 0 fully saturated rings. The monoisotopic (exact) mass is 386 g/mol. The van der Waals surface area contributed by atoms with E-state index < -0.39 is 0 Å². The molecule has 0 bridgehead atoms. The summed E-state index contributed by atoms with van der Waals surface area (Å²) in [6.45, 7) is 2.99. The lowest BCUT2D eigenvalue weighted by molar-refractivity contribution is 0.0671. The third-order valence-corrected chi connectivity index (χ3v) is 5.98. The summed E-state index contributed by atoms with van der Waals surface area (Å²) < 4.78 is 2.16. The van der Waals surface area contributed by atoms with Crippen molar-refractivity contribution in [3.8, 4) is 0 Å². The predicted molar refractivity (Wildman–Crippen MR) is 108 cm³/mol. The van der Waals surface area contributed by atoms with Crippen LogP contribution in [0.15, 0.2) is 48.5 Å². The van der Waals surface area contributed by atoms with Crippen molar-refractivity contribution >= 4 is 11.7 Å². The van der Waals surface area contributed by atoms with Crippen molar-refractivity contribution in [2.24, 2.45) is 0 Å². The maximum absolute atomic E-state index is 13.4. The summed E-state index contributed by atoms with van der Waals surface area (Å²) in [6.07, 6.45) is 1.94. The number of hydrogen-bond donors (Lipinski definition) is 0. The fourth-order valence-electron chi connectivity index (χ4n) is 4.63. The van der Waals surface area contributed by atoms with Gasteiger partial charge in [0.25, 0.3) is 5.91 Å². The van der Waals surface area contributed by atoms with Crippen molar-refractivity contribution in [1.82, 2.24) is 19.7 Å². The van der Waals surface area contributed by atoms with Gasteiger partial charge in [-0.3, -0.25) is 9.59 Å². The first kappa shape index (κ1) is 17.8. The topological polar surface area (TPSA) is 68.1 Å². The van der Waals surface area contributed by atoms with E-state index in [0.29, 0.717) is 37.1 Å². The standard InChI is InChI=1S/C23H22N4O2/c1-15-24-25-22-14-26(13-17(27(15)22)12-16-6-3-2-4-7-16)23(29)20-9-5-8-19-18(20)10-11-21(19)28/h2-9,17H,10-14H2,1H3/t17-/m1/s1. The Morgan fingerprint density at radius 1 is 1.07 bits per heavy atom. The summed E-state index contributed by atoms with van der Waals surface area (Å²) in [6, 6.07) is 15.9. The number of aryl methyl sites for hydroxylation is 1. The van der Waals surface area contributed by atoms with Gasteiger partial charge in [-0.25, -0.2) is 0 Å². The highest BCUT2D eigenvalue weighted by Crippen LogP contribution is 2.30. The minimum Gasteiger partial charge on any atom is -0.329 e. The Bertz CT molecular complexity index is 1100. The van der Waals surface area contributed by atoms with Gasteiger partial charge < -0.3 is 9.47 Å². The maximum Gasteiger partial charge on any atom is 0.254 e. The van der Waals surface area contributed by atoms with Crippen LogP contribution in [0.5, 0.6) is 0 Å². The molecule has 2 heterocycles. The number of amides is 1. The average molecular weight is 386 g/mol. The van der Waals surface area contributed by atoms with Gasteiger partial charge in [0.15, 0.2) is 11.6 Å². The third kappa shape index (κ3) is 3.05. The van der Waals surface area contributed by atoms with E-state index in [0.717, 1.165) is 23.6 Å². The van der Waals surface area contributed by atoms with Gasteiger partial charge in [-0.05, 0) is 37.0 Å². The van der Waals surface area contributed by atoms with Gasteiger partial charge in [0, 0.05) is 24.1 Å². The summed E-state index contributed by atoms with van der Waals surface area (Å²) in [5.41, 5.74) is 3.46. The number of hydrogen-bond acceptors (Lipinski definition) is 4. The minimum atomic E-state index is -0.0264. The van der Waals surface area contributed by atoms with Gasteiger partial charge in [0.2, 0.25) is 0 Å². The van der Waals surface area contributed by atoms with Crippen LogP contribution in [0.25, 0.3) is 0 Å². The van der Waals surface area contributed by atoms with Crippen molar-refractivity contribution < 1.29 is 9.59 Å². The number of ketones is 1. The van der Waals surface area contributed by atoms with E-state index in [1.165, 1.54) is 5.56 Å². The molecule has 2 aromatic carbocycles. The molecule has 146 valence electrons. The molecule has 0 N–H and O–H groups in total. The van der Waals surface area contributed by atoms with Crippen LogP contribution in [0.4, 0.5) is 0 Å². The molecule has 0 saturated carbocycles. The maximum atomic E-state index is 13.4. The molecule has 0 saturated heterocycles. The molecule has 0 unspecified atom stereocenters. The van der Waals surface area contributed by atoms with Gasteiger partial charge in [-0.1, -0.05) is 42.5 Å². The smallest absolute Gasteiger partial charge is 0.254 e. The van der Waals surface area contributed by atoms with Gasteiger partial charge in [-0.2, -0.15) is 0 Å². The Balaban J connectivity index is 1.48. The molecule has 2 aliphatic rings. The third-order valence-electron chi connectivity index (χ3n) is 5.98. The molecule has 1 aliphatic heterocycles. The van der Waals surface area contributed by atoms with Crippen molar-refractivity contribution in [1.29, 1.82) is 0 Å². The van der Waals surface area contributed by atoms with Crippen LogP contribution < -0.4 is 0 Å². The largest absolute Gasteiger partial charge is 0.329 e. The molecule has 5 rings (SSSR count). The van der Waals surface area contributed by atoms with Gasteiger partial charge in [-0.15, -0.1) is 10.2 Å². The summed E-state index contributed by atoms with van der Waals surface area (Å²) in [4.78, 5) is 27.4. The average Bonchev–Trinajstić information content (AvgIpc) is 3.31. The van der Waals surface area contributed by atoms with E-state index in [1.807, 2.05) is 48.2 Å². The molecule has 3 aromatic rings. The van der Waals surface area contributed by atoms with Crippen LogP contribution in [-0.2, 0) is 19.4 Å². The van der Waals surface area contributed by atoms with Crippen LogP contribution in [0.3, 0.4) is 0 Å². The lowest BCUT2D eigenvalue weighted by atomic mass is 10.00. The number of Topliss-reactive ketones (excluding diaryl/α,β-unsaturated/α-hetero) is 1. The number of nitrogens with zero attached hydrogens (tertiary/aromatic N) is 4. The van der Waals surface area contributed by atoms with E-state index in [4.69, 9.17) is 0 Å². The van der Waals surface area contributed by atoms with Crippen LogP contribution in [0.1, 0.15) is 56.0 Å². The molecular formula is C23H22N4O2. The molecule has 1 aliphatic carbocycles. The molecule has 1 amide bonds. The normalized spacial score (nSPS) is 17.9. The highest BCUT2D eigenvalue weighted by Gasteiger charge is 2.33. The van der Waals surface area contributed by atoms with Crippen molar-refractivity contribution in [2.45, 2.75) is 38.8 Å². The number of aromatic nitrogens is 3. The SMILES string of the molecule is Cc1nnc2n1[C@H](Cc1ccccc1)CN(C(=O)c1cccc3c1CCC3=O)C2. The lowest BCUT2D eigenvalue weighted by Crippen LogP contribution is -2.42. The Morgan fingerprint density at radius 3 is 2.72 bits per heavy atom. The Morgan fingerprint density at radius 2 is 1.90 bits per heavy atom. The molecule has 6 nitrogen and oxygen atoms in total. The zero-order valence-corrected chi connectivity index (χ0v) is 16.3. The summed E-state index contributed by atoms with van der Waals surface area (Å²) in [5.74, 6) is 1.79. The van der Waals surface area contributed by atoms with Crippen molar-refractivity contribution in [2.75, 3.05) is 6.54 Å². The molecule has 0 radical (unpaired) electrons. The minimum absolute atomic E-state index is 0.0264. The first-order valence-corrected chi connectivity index (χ1v) is 10.0. The van der Waals surface area contributed by atoms with Gasteiger partial charge >= 0.3 is 0 Å². The fourth-order valence-corrected chi connectivity index (χ4v) is 4.63. The van der Waals surface area contributed by atoms with Crippen LogP contribution in [0.2, 0.25) is 0 Å².